The number of nitrogens with zero attached hydrogens (tertiary/aromatic N) is 4. The predicted octanol–water partition coefficient (Wildman–Crippen LogP) is 2.07. The highest BCUT2D eigenvalue weighted by Gasteiger charge is 2.15. The third-order valence-electron chi connectivity index (χ3n) is 3.93. The zero-order valence-electron chi connectivity index (χ0n) is 13.7. The summed E-state index contributed by atoms with van der Waals surface area (Å²) < 4.78 is 1.64. The molecule has 0 saturated carbocycles. The highest BCUT2D eigenvalue weighted by Crippen LogP contribution is 2.30. The predicted molar refractivity (Wildman–Crippen MR) is 95.7 cm³/mol. The van der Waals surface area contributed by atoms with Gasteiger partial charge in [-0.2, -0.15) is 9.61 Å². The van der Waals surface area contributed by atoms with E-state index in [1.54, 1.807) is 24.0 Å². The van der Waals surface area contributed by atoms with Crippen molar-refractivity contribution in [2.75, 3.05) is 24.7 Å². The Morgan fingerprint density at radius 2 is 2.20 bits per heavy atom. The van der Waals surface area contributed by atoms with Crippen LogP contribution in [-0.2, 0) is 0 Å². The van der Waals surface area contributed by atoms with Gasteiger partial charge < -0.3 is 20.9 Å². The Labute approximate surface area is 142 Å². The van der Waals surface area contributed by atoms with Crippen LogP contribution >= 0.6 is 0 Å². The van der Waals surface area contributed by atoms with Gasteiger partial charge in [0.2, 0.25) is 0 Å². The molecule has 0 radical (unpaired) electrons. The maximum atomic E-state index is 11.6. The summed E-state index contributed by atoms with van der Waals surface area (Å²) in [6.45, 7) is 0. The van der Waals surface area contributed by atoms with Gasteiger partial charge in [0, 0.05) is 43.5 Å². The van der Waals surface area contributed by atoms with Gasteiger partial charge in [0.05, 0.1) is 11.9 Å². The van der Waals surface area contributed by atoms with E-state index in [2.05, 4.69) is 31.0 Å². The van der Waals surface area contributed by atoms with E-state index in [0.29, 0.717) is 11.3 Å². The van der Waals surface area contributed by atoms with Crippen molar-refractivity contribution in [3.05, 3.63) is 36.8 Å². The Bertz CT molecular complexity index is 1080. The monoisotopic (exact) mass is 336 g/mol. The molecule has 4 rings (SSSR count). The molecule has 9 nitrogen and oxygen atoms in total. The van der Waals surface area contributed by atoms with Crippen molar-refractivity contribution in [3.63, 3.8) is 0 Å². The van der Waals surface area contributed by atoms with E-state index >= 15 is 0 Å². The SMILES string of the molecule is CNC(=O)Nc1cnn2c(NC)cc(-c3c[nH]c4ncccc34)nc12. The van der Waals surface area contributed by atoms with Crippen LogP contribution in [0, 0.1) is 0 Å². The van der Waals surface area contributed by atoms with Gasteiger partial charge >= 0.3 is 6.03 Å². The number of aromatic amines is 1. The summed E-state index contributed by atoms with van der Waals surface area (Å²) in [7, 11) is 3.36. The van der Waals surface area contributed by atoms with Gasteiger partial charge in [0.1, 0.15) is 17.2 Å². The van der Waals surface area contributed by atoms with Gasteiger partial charge in [-0.05, 0) is 12.1 Å². The minimum atomic E-state index is -0.329. The second-order valence-electron chi connectivity index (χ2n) is 5.38. The van der Waals surface area contributed by atoms with E-state index < -0.39 is 0 Å². The Morgan fingerprint density at radius 3 is 3.00 bits per heavy atom. The summed E-state index contributed by atoms with van der Waals surface area (Å²) >= 11 is 0. The molecule has 0 spiro atoms. The minimum absolute atomic E-state index is 0.329. The van der Waals surface area contributed by atoms with Crippen LogP contribution in [0.1, 0.15) is 0 Å². The molecular formula is C16H16N8O. The molecule has 0 fully saturated rings. The van der Waals surface area contributed by atoms with E-state index in [9.17, 15) is 4.79 Å². The van der Waals surface area contributed by atoms with Crippen molar-refractivity contribution in [1.82, 2.24) is 29.9 Å². The highest BCUT2D eigenvalue weighted by molar-refractivity contribution is 5.95. The van der Waals surface area contributed by atoms with Crippen LogP contribution in [0.4, 0.5) is 16.3 Å². The molecule has 4 heterocycles. The van der Waals surface area contributed by atoms with Gasteiger partial charge in [-0.15, -0.1) is 0 Å². The summed E-state index contributed by atoms with van der Waals surface area (Å²) in [6, 6.07) is 5.44. The lowest BCUT2D eigenvalue weighted by molar-refractivity contribution is 0.254. The number of urea groups is 1. The number of hydrogen-bond acceptors (Lipinski definition) is 5. The van der Waals surface area contributed by atoms with Gasteiger partial charge in [-0.3, -0.25) is 0 Å². The first-order chi connectivity index (χ1) is 12.2. The first-order valence-electron chi connectivity index (χ1n) is 7.69. The van der Waals surface area contributed by atoms with Crippen LogP contribution < -0.4 is 16.0 Å². The minimum Gasteiger partial charge on any atom is -0.373 e. The van der Waals surface area contributed by atoms with Crippen molar-refractivity contribution < 1.29 is 4.79 Å². The first-order valence-corrected chi connectivity index (χ1v) is 7.69. The number of pyridine rings is 1. The van der Waals surface area contributed by atoms with Crippen molar-refractivity contribution in [2.24, 2.45) is 0 Å². The van der Waals surface area contributed by atoms with Crippen LogP contribution in [0.15, 0.2) is 36.8 Å². The molecule has 0 bridgehead atoms. The molecule has 0 saturated heterocycles. The normalized spacial score (nSPS) is 11.0. The first kappa shape index (κ1) is 14.9. The maximum absolute atomic E-state index is 11.6. The number of carbonyl (C=O) groups is 1. The molecule has 126 valence electrons. The molecule has 4 aromatic rings. The summed E-state index contributed by atoms with van der Waals surface area (Å²) in [5.41, 5.74) is 3.53. The lowest BCUT2D eigenvalue weighted by Gasteiger charge is -2.08. The second kappa shape index (κ2) is 5.78. The standard InChI is InChI=1S/C16H16N8O/c1-17-13-6-11(10-7-20-14-9(10)4-3-5-19-14)22-15-12(8-21-24(13)15)23-16(25)18-2/h3-8,17H,1-2H3,(H,19,20)(H2,18,23,25). The molecule has 0 unspecified atom stereocenters. The zero-order valence-corrected chi connectivity index (χ0v) is 13.7. The highest BCUT2D eigenvalue weighted by atomic mass is 16.2. The summed E-state index contributed by atoms with van der Waals surface area (Å²) in [4.78, 5) is 23.8. The smallest absolute Gasteiger partial charge is 0.319 e. The lowest BCUT2D eigenvalue weighted by atomic mass is 10.1. The molecule has 0 aliphatic rings. The quantitative estimate of drug-likeness (QED) is 0.457. The van der Waals surface area contributed by atoms with Crippen molar-refractivity contribution in [2.45, 2.75) is 0 Å². The summed E-state index contributed by atoms with van der Waals surface area (Å²) in [6.07, 6.45) is 5.18. The van der Waals surface area contributed by atoms with Crippen molar-refractivity contribution in [1.29, 1.82) is 0 Å². The number of carbonyl (C=O) groups excluding carboxylic acids is 1. The molecule has 4 N–H and O–H groups in total. The number of fused-ring (bicyclic) bond motifs is 2. The van der Waals surface area contributed by atoms with E-state index in [4.69, 9.17) is 4.98 Å². The molecule has 0 aliphatic heterocycles. The van der Waals surface area contributed by atoms with Gasteiger partial charge in [-0.25, -0.2) is 14.8 Å². The zero-order chi connectivity index (χ0) is 17.4. The van der Waals surface area contributed by atoms with Crippen molar-refractivity contribution in [3.8, 4) is 11.3 Å². The second-order valence-corrected chi connectivity index (χ2v) is 5.38. The van der Waals surface area contributed by atoms with E-state index in [0.717, 1.165) is 28.1 Å². The maximum Gasteiger partial charge on any atom is 0.319 e. The Balaban J connectivity index is 1.92. The number of anilines is 2. The van der Waals surface area contributed by atoms with E-state index in [-0.39, 0.29) is 6.03 Å². The fraction of sp³-hybridized carbons (Fsp3) is 0.125. The number of nitrogens with one attached hydrogen (secondary N) is 4. The average molecular weight is 336 g/mol. The fourth-order valence-corrected chi connectivity index (χ4v) is 2.72. The van der Waals surface area contributed by atoms with Gasteiger partial charge in [0.15, 0.2) is 5.65 Å². The molecule has 25 heavy (non-hydrogen) atoms. The number of hydrogen-bond donors (Lipinski definition) is 4. The van der Waals surface area contributed by atoms with Crippen LogP contribution in [0.25, 0.3) is 27.9 Å². The topological polar surface area (TPSA) is 112 Å². The van der Waals surface area contributed by atoms with E-state index in [1.807, 2.05) is 31.4 Å². The fourth-order valence-electron chi connectivity index (χ4n) is 2.72. The van der Waals surface area contributed by atoms with Crippen LogP contribution in [0.2, 0.25) is 0 Å². The summed E-state index contributed by atoms with van der Waals surface area (Å²) in [5, 5.41) is 13.6. The van der Waals surface area contributed by atoms with Crippen LogP contribution in [0.3, 0.4) is 0 Å². The third-order valence-corrected chi connectivity index (χ3v) is 3.93. The Kier molecular flexibility index (Phi) is 3.46. The Morgan fingerprint density at radius 1 is 1.32 bits per heavy atom. The molecule has 2 amide bonds. The Hall–Kier alpha value is -3.62. The number of rotatable bonds is 3. The summed E-state index contributed by atoms with van der Waals surface area (Å²) in [5.74, 6) is 0.753. The molecule has 9 heteroatoms. The molecule has 0 aromatic carbocycles. The molecule has 0 atom stereocenters. The lowest BCUT2D eigenvalue weighted by Crippen LogP contribution is -2.24. The van der Waals surface area contributed by atoms with Gasteiger partial charge in [-0.1, -0.05) is 0 Å². The van der Waals surface area contributed by atoms with Gasteiger partial charge in [0.25, 0.3) is 0 Å². The van der Waals surface area contributed by atoms with Crippen molar-refractivity contribution >= 4 is 34.2 Å². The number of H-pyrrole nitrogens is 1. The van der Waals surface area contributed by atoms with E-state index in [1.165, 1.54) is 0 Å². The number of amides is 2. The largest absolute Gasteiger partial charge is 0.373 e. The van der Waals surface area contributed by atoms with Crippen LogP contribution in [0.5, 0.6) is 0 Å². The molecule has 4 aromatic heterocycles. The molecular weight excluding hydrogens is 320 g/mol. The van der Waals surface area contributed by atoms with Crippen LogP contribution in [-0.4, -0.2) is 44.7 Å². The average Bonchev–Trinajstić information content (AvgIpc) is 3.25. The molecule has 0 aliphatic carbocycles. The number of aromatic nitrogens is 5. The third kappa shape index (κ3) is 2.42.